The van der Waals surface area contributed by atoms with Crippen molar-refractivity contribution in [3.8, 4) is 23.2 Å². The van der Waals surface area contributed by atoms with Crippen molar-refractivity contribution < 1.29 is 13.3 Å². The van der Waals surface area contributed by atoms with E-state index in [1.807, 2.05) is 0 Å². The van der Waals surface area contributed by atoms with Gasteiger partial charge in [-0.1, -0.05) is 4.47 Å². The van der Waals surface area contributed by atoms with Gasteiger partial charge < -0.3 is 10.5 Å². The molecule has 162 valence electrons. The smallest absolute Gasteiger partial charge is 0.258 e. The van der Waals surface area contributed by atoms with Crippen LogP contribution >= 0.6 is 0 Å². The Hall–Kier alpha value is -4.05. The summed E-state index contributed by atoms with van der Waals surface area (Å²) in [6.45, 7) is 1.68. The first-order valence-corrected chi connectivity index (χ1v) is 11.1. The van der Waals surface area contributed by atoms with Crippen molar-refractivity contribution in [2.24, 2.45) is 16.6 Å². The van der Waals surface area contributed by atoms with E-state index in [2.05, 4.69) is 30.7 Å². The lowest BCUT2D eigenvalue weighted by molar-refractivity contribution is 0.218. The van der Waals surface area contributed by atoms with E-state index in [9.17, 15) is 13.9 Å². The summed E-state index contributed by atoms with van der Waals surface area (Å²) in [5.74, 6) is -0.610. The van der Waals surface area contributed by atoms with Gasteiger partial charge in [-0.2, -0.15) is 10.4 Å². The Morgan fingerprint density at radius 2 is 2.22 bits per heavy atom. The number of aromatic nitrogens is 4. The predicted octanol–water partition coefficient (Wildman–Crippen LogP) is 2.27. The third-order valence-corrected chi connectivity index (χ3v) is 7.07. The molecule has 2 unspecified atom stereocenters. The molecule has 0 spiro atoms. The Morgan fingerprint density at radius 3 is 3.00 bits per heavy atom. The maximum Gasteiger partial charge on any atom is 0.258 e. The fourth-order valence-corrected chi connectivity index (χ4v) is 5.38. The molecule has 0 amide bonds. The van der Waals surface area contributed by atoms with Gasteiger partial charge in [0.05, 0.1) is 34.6 Å². The minimum atomic E-state index is -3.20. The number of rotatable bonds is 0. The Bertz CT molecular complexity index is 1470. The van der Waals surface area contributed by atoms with Crippen molar-refractivity contribution in [3.05, 3.63) is 47.2 Å². The molecule has 4 heterocycles. The molecule has 0 saturated carbocycles. The van der Waals surface area contributed by atoms with Crippen LogP contribution in [-0.2, 0) is 22.7 Å². The lowest BCUT2D eigenvalue weighted by Gasteiger charge is -2.25. The fourth-order valence-electron chi connectivity index (χ4n) is 3.70. The van der Waals surface area contributed by atoms with Crippen LogP contribution < -0.4 is 14.8 Å². The second kappa shape index (κ2) is 6.99. The lowest BCUT2D eigenvalue weighted by Crippen LogP contribution is -2.29. The van der Waals surface area contributed by atoms with E-state index in [-0.39, 0.29) is 28.8 Å². The highest BCUT2D eigenvalue weighted by atomic mass is 32.2. The minimum absolute atomic E-state index is 0.0185. The molecule has 11 nitrogen and oxygen atoms in total. The van der Waals surface area contributed by atoms with Gasteiger partial charge >= 0.3 is 0 Å². The molecule has 3 aromatic rings. The number of ether oxygens (including phenoxy) is 1. The average molecular weight is 453 g/mol. The summed E-state index contributed by atoms with van der Waals surface area (Å²) in [6.07, 6.45) is 1.97. The lowest BCUT2D eigenvalue weighted by atomic mass is 10.1. The van der Waals surface area contributed by atoms with Gasteiger partial charge in [0, 0.05) is 12.6 Å². The zero-order valence-electron chi connectivity index (χ0n) is 16.9. The maximum absolute atomic E-state index is 14.1. The Kier molecular flexibility index (Phi) is 4.34. The molecule has 2 aromatic heterocycles. The molecule has 2 bridgehead atoms. The van der Waals surface area contributed by atoms with Gasteiger partial charge in [-0.3, -0.25) is 4.68 Å². The first-order chi connectivity index (χ1) is 15.3. The highest BCUT2D eigenvalue weighted by molar-refractivity contribution is 7.95. The third kappa shape index (κ3) is 2.95. The van der Waals surface area contributed by atoms with Gasteiger partial charge in [0.15, 0.2) is 15.7 Å². The minimum Gasteiger partial charge on any atom is -0.467 e. The maximum atomic E-state index is 14.1. The molecule has 13 heteroatoms. The van der Waals surface area contributed by atoms with Crippen LogP contribution in [0.25, 0.3) is 11.3 Å². The molecule has 1 aromatic carbocycles. The van der Waals surface area contributed by atoms with Crippen LogP contribution in [0.2, 0.25) is 0 Å². The van der Waals surface area contributed by atoms with E-state index in [4.69, 9.17) is 10.5 Å². The van der Waals surface area contributed by atoms with Crippen LogP contribution in [0.1, 0.15) is 30.0 Å². The van der Waals surface area contributed by atoms with Gasteiger partial charge in [-0.15, -0.1) is 5.10 Å². The number of fused-ring (bicyclic) bond motifs is 7. The van der Waals surface area contributed by atoms with Crippen molar-refractivity contribution in [3.63, 3.8) is 0 Å². The van der Waals surface area contributed by atoms with E-state index in [1.165, 1.54) is 39.7 Å². The summed E-state index contributed by atoms with van der Waals surface area (Å²) in [6, 6.07) is 6.10. The number of aryl methyl sites for hydroxylation is 1. The highest BCUT2D eigenvalue weighted by Crippen LogP contribution is 2.37. The van der Waals surface area contributed by atoms with Crippen molar-refractivity contribution >= 4 is 27.8 Å². The normalized spacial score (nSPS) is 21.2. The quantitative estimate of drug-likeness (QED) is 0.549. The van der Waals surface area contributed by atoms with E-state index < -0.39 is 21.8 Å². The molecule has 2 atom stereocenters. The predicted molar refractivity (Wildman–Crippen MR) is 114 cm³/mol. The van der Waals surface area contributed by atoms with E-state index in [0.717, 1.165) is 0 Å². The van der Waals surface area contributed by atoms with Crippen LogP contribution in [0.3, 0.4) is 0 Å². The number of halogens is 1. The summed E-state index contributed by atoms with van der Waals surface area (Å²) >= 11 is 0. The van der Waals surface area contributed by atoms with Gasteiger partial charge in [-0.05, 0) is 25.1 Å². The monoisotopic (exact) mass is 453 g/mol. The van der Waals surface area contributed by atoms with E-state index in [0.29, 0.717) is 22.5 Å². The van der Waals surface area contributed by atoms with Crippen LogP contribution in [0.5, 0.6) is 5.88 Å². The number of anilines is 2. The first kappa shape index (κ1) is 19.9. The van der Waals surface area contributed by atoms with Crippen LogP contribution in [0, 0.1) is 17.1 Å². The first-order valence-electron chi connectivity index (χ1n) is 9.42. The zero-order chi connectivity index (χ0) is 22.6. The number of hydrogen-bond donors (Lipinski definition) is 1. The van der Waals surface area contributed by atoms with Crippen molar-refractivity contribution in [2.75, 3.05) is 10.0 Å². The molecule has 0 fully saturated rings. The molecular weight excluding hydrogens is 437 g/mol. The standard InChI is InChI=1S/C19H16FN9O2S/c1-10-12-5-11(20)3-4-15(12)29-9-24-27-32(29,30)8-14-17(16(6-21)28(2)26-14)13-7-23-18(22)19(25-13)31-10/h3-5,7,9-10H,8H2,1-2H3,(H2,22,23). The largest absolute Gasteiger partial charge is 0.467 e. The Labute approximate surface area is 182 Å². The topological polar surface area (TPSA) is 148 Å². The number of nitrogens with two attached hydrogens (primary N) is 1. The average Bonchev–Trinajstić information content (AvgIpc) is 3.27. The van der Waals surface area contributed by atoms with Crippen molar-refractivity contribution in [1.82, 2.24) is 19.7 Å². The summed E-state index contributed by atoms with van der Waals surface area (Å²) < 4.78 is 40.7. The van der Waals surface area contributed by atoms with E-state index >= 15 is 0 Å². The van der Waals surface area contributed by atoms with Gasteiger partial charge in [0.1, 0.15) is 30.0 Å². The molecule has 0 saturated heterocycles. The summed E-state index contributed by atoms with van der Waals surface area (Å²) in [5.41, 5.74) is 7.91. The van der Waals surface area contributed by atoms with Crippen LogP contribution in [0.4, 0.5) is 15.9 Å². The van der Waals surface area contributed by atoms with Crippen LogP contribution in [-0.4, -0.2) is 30.3 Å². The van der Waals surface area contributed by atoms with E-state index in [1.54, 1.807) is 14.0 Å². The molecule has 2 N–H and O–H groups in total. The zero-order valence-corrected chi connectivity index (χ0v) is 17.7. The molecule has 0 aliphatic carbocycles. The Balaban J connectivity index is 1.83. The van der Waals surface area contributed by atoms with Gasteiger partial charge in [0.25, 0.3) is 5.88 Å². The SMILES string of the molecule is CC1Oc2nc(cnc2N)-c2c(nn(C)c2C#N)CS2(=O)=NN=CN2c2ccc(F)cc21. The summed E-state index contributed by atoms with van der Waals surface area (Å²) in [4.78, 5) is 8.59. The van der Waals surface area contributed by atoms with Gasteiger partial charge in [0.2, 0.25) is 0 Å². The molecule has 2 aliphatic heterocycles. The number of nitriles is 1. The fraction of sp³-hybridized carbons (Fsp3) is 0.211. The molecule has 2 aliphatic rings. The molecule has 32 heavy (non-hydrogen) atoms. The number of benzene rings is 1. The van der Waals surface area contributed by atoms with Gasteiger partial charge in [-0.25, -0.2) is 22.9 Å². The van der Waals surface area contributed by atoms with Crippen molar-refractivity contribution in [2.45, 2.75) is 18.8 Å². The number of hydrogen-bond acceptors (Lipinski definition) is 9. The second-order valence-corrected chi connectivity index (χ2v) is 9.26. The number of nitrogen functional groups attached to an aromatic ring is 1. The van der Waals surface area contributed by atoms with Crippen molar-refractivity contribution in [1.29, 1.82) is 5.26 Å². The number of nitrogens with zero attached hydrogens (tertiary/aromatic N) is 8. The highest BCUT2D eigenvalue weighted by Gasteiger charge is 2.33. The molecule has 5 rings (SSSR count). The summed E-state index contributed by atoms with van der Waals surface area (Å²) in [5, 5.41) is 18.0. The third-order valence-electron chi connectivity index (χ3n) is 5.17. The molecular formula is C19H16FN9O2S. The second-order valence-electron chi connectivity index (χ2n) is 7.20. The Morgan fingerprint density at radius 1 is 1.41 bits per heavy atom. The molecule has 0 radical (unpaired) electrons. The van der Waals surface area contributed by atoms with Crippen LogP contribution in [0.15, 0.2) is 34.0 Å². The summed E-state index contributed by atoms with van der Waals surface area (Å²) in [7, 11) is -1.60.